The predicted octanol–water partition coefficient (Wildman–Crippen LogP) is 1.51. The van der Waals surface area contributed by atoms with E-state index < -0.39 is 10.7 Å². The minimum atomic E-state index is -2.24. The Labute approximate surface area is 74.9 Å². The fraction of sp³-hybridized carbons (Fsp3) is 0.556. The first-order valence-corrected chi connectivity index (χ1v) is 5.51. The van der Waals surface area contributed by atoms with Crippen LogP contribution in [0, 0.1) is 5.92 Å². The third kappa shape index (κ3) is 2.81. The minimum Gasteiger partial charge on any atom is -0.232 e. The Bertz CT molecular complexity index is 256. The van der Waals surface area contributed by atoms with Crippen LogP contribution in [0.3, 0.4) is 0 Å². The minimum absolute atomic E-state index is 0.249. The van der Waals surface area contributed by atoms with E-state index in [1.165, 1.54) is 0 Å². The number of hydrogen-bond acceptors (Lipinski definition) is 2. The molecule has 3 heteroatoms. The van der Waals surface area contributed by atoms with Crippen LogP contribution in [0.2, 0.25) is 0 Å². The molecule has 0 amide bonds. The van der Waals surface area contributed by atoms with Gasteiger partial charge in [0.15, 0.2) is 0 Å². The highest BCUT2D eigenvalue weighted by Gasteiger charge is 2.11. The summed E-state index contributed by atoms with van der Waals surface area (Å²) in [5.41, 5.74) is 1.07. The van der Waals surface area contributed by atoms with Gasteiger partial charge in [-0.1, -0.05) is 17.7 Å². The first-order chi connectivity index (χ1) is 5.72. The molecule has 0 fully saturated rings. The van der Waals surface area contributed by atoms with E-state index in [2.05, 4.69) is 6.58 Å². The molecule has 1 aliphatic rings. The molecule has 0 saturated heterocycles. The second-order valence-corrected chi connectivity index (χ2v) is 4.11. The van der Waals surface area contributed by atoms with Gasteiger partial charge in [-0.15, -0.1) is 6.58 Å². The van der Waals surface area contributed by atoms with E-state index in [1.807, 2.05) is 12.2 Å². The van der Waals surface area contributed by atoms with E-state index >= 15 is 0 Å². The summed E-state index contributed by atoms with van der Waals surface area (Å²) in [6, 6.07) is 0. The number of rotatable bonds is 3. The summed E-state index contributed by atoms with van der Waals surface area (Å²) < 4.78 is 20.8. The van der Waals surface area contributed by atoms with Crippen LogP contribution in [0.15, 0.2) is 24.3 Å². The van der Waals surface area contributed by atoms with Crippen LogP contribution in [0.1, 0.15) is 19.3 Å². The Hall–Kier alpha value is -0.570. The smallest absolute Gasteiger partial charge is 0.143 e. The molecule has 0 aromatic heterocycles. The van der Waals surface area contributed by atoms with Crippen molar-refractivity contribution in [3.63, 3.8) is 0 Å². The van der Waals surface area contributed by atoms with Crippen LogP contribution in [0.25, 0.3) is 0 Å². The summed E-state index contributed by atoms with van der Waals surface area (Å²) in [6.07, 6.45) is 6.92. The van der Waals surface area contributed by atoms with Crippen molar-refractivity contribution in [2.75, 3.05) is 5.75 Å². The highest BCUT2D eigenvalue weighted by Crippen LogP contribution is 2.23. The Morgan fingerprint density at radius 2 is 2.42 bits per heavy atom. The first-order valence-electron chi connectivity index (χ1n) is 4.14. The van der Waals surface area contributed by atoms with Gasteiger partial charge in [-0.25, -0.2) is 8.42 Å². The van der Waals surface area contributed by atoms with Crippen LogP contribution in [0.5, 0.6) is 0 Å². The quantitative estimate of drug-likeness (QED) is 0.535. The molecule has 0 bridgehead atoms. The largest absolute Gasteiger partial charge is 0.232 e. The summed E-state index contributed by atoms with van der Waals surface area (Å²) in [5, 5.41) is 0. The molecule has 0 aromatic carbocycles. The maximum absolute atomic E-state index is 10.4. The van der Waals surface area contributed by atoms with Crippen molar-refractivity contribution in [1.82, 2.24) is 0 Å². The zero-order valence-electron chi connectivity index (χ0n) is 7.03. The average molecular weight is 186 g/mol. The predicted molar refractivity (Wildman–Crippen MR) is 50.8 cm³/mol. The molecule has 0 unspecified atom stereocenters. The van der Waals surface area contributed by atoms with E-state index in [0.29, 0.717) is 5.92 Å². The van der Waals surface area contributed by atoms with Crippen LogP contribution in [-0.4, -0.2) is 14.2 Å². The SMILES string of the molecule is C=C[C@@H]1CC=C(C[SH](=O)=O)CC1. The monoisotopic (exact) mass is 186 g/mol. The van der Waals surface area contributed by atoms with Gasteiger partial charge in [0.2, 0.25) is 0 Å². The van der Waals surface area contributed by atoms with Gasteiger partial charge in [-0.05, 0) is 25.2 Å². The summed E-state index contributed by atoms with van der Waals surface area (Å²) in [7, 11) is -2.24. The highest BCUT2D eigenvalue weighted by atomic mass is 32.2. The Morgan fingerprint density at radius 1 is 1.67 bits per heavy atom. The van der Waals surface area contributed by atoms with Crippen molar-refractivity contribution in [3.8, 4) is 0 Å². The summed E-state index contributed by atoms with van der Waals surface area (Å²) in [6.45, 7) is 3.72. The molecule has 0 spiro atoms. The van der Waals surface area contributed by atoms with E-state index in [4.69, 9.17) is 0 Å². The van der Waals surface area contributed by atoms with Crippen molar-refractivity contribution < 1.29 is 8.42 Å². The zero-order valence-corrected chi connectivity index (χ0v) is 7.93. The van der Waals surface area contributed by atoms with Gasteiger partial charge in [0.05, 0.1) is 5.75 Å². The second kappa shape index (κ2) is 4.45. The summed E-state index contributed by atoms with van der Waals surface area (Å²) >= 11 is 0. The highest BCUT2D eigenvalue weighted by molar-refractivity contribution is 7.72. The van der Waals surface area contributed by atoms with Crippen molar-refractivity contribution in [2.24, 2.45) is 5.92 Å². The summed E-state index contributed by atoms with van der Waals surface area (Å²) in [4.78, 5) is 0. The molecule has 1 atom stereocenters. The first kappa shape index (κ1) is 9.52. The molecule has 12 heavy (non-hydrogen) atoms. The van der Waals surface area contributed by atoms with E-state index in [0.717, 1.165) is 24.8 Å². The molecule has 0 radical (unpaired) electrons. The average Bonchev–Trinajstić information content (AvgIpc) is 2.05. The van der Waals surface area contributed by atoms with Gasteiger partial charge in [0, 0.05) is 0 Å². The molecular formula is C9H14O2S. The van der Waals surface area contributed by atoms with Crippen LogP contribution in [0.4, 0.5) is 0 Å². The number of hydrogen-bond donors (Lipinski definition) is 1. The molecule has 0 N–H and O–H groups in total. The fourth-order valence-electron chi connectivity index (χ4n) is 1.43. The van der Waals surface area contributed by atoms with Crippen molar-refractivity contribution in [1.29, 1.82) is 0 Å². The van der Waals surface area contributed by atoms with Gasteiger partial charge in [0.1, 0.15) is 10.7 Å². The van der Waals surface area contributed by atoms with Crippen molar-refractivity contribution in [2.45, 2.75) is 19.3 Å². The lowest BCUT2D eigenvalue weighted by Gasteiger charge is -2.17. The fourth-order valence-corrected chi connectivity index (χ4v) is 2.05. The lowest BCUT2D eigenvalue weighted by atomic mass is 9.90. The molecule has 68 valence electrons. The number of thiol groups is 1. The third-order valence-corrected chi connectivity index (χ3v) is 2.88. The molecule has 2 nitrogen and oxygen atoms in total. The van der Waals surface area contributed by atoms with Crippen molar-refractivity contribution >= 4 is 10.7 Å². The topological polar surface area (TPSA) is 34.1 Å². The zero-order chi connectivity index (χ0) is 8.97. The molecular weight excluding hydrogens is 172 g/mol. The maximum Gasteiger partial charge on any atom is 0.143 e. The van der Waals surface area contributed by atoms with Gasteiger partial charge < -0.3 is 0 Å². The molecule has 0 saturated carbocycles. The number of allylic oxidation sites excluding steroid dienone is 2. The van der Waals surface area contributed by atoms with Crippen LogP contribution in [-0.2, 0) is 10.7 Å². The van der Waals surface area contributed by atoms with E-state index in [9.17, 15) is 8.42 Å². The molecule has 1 aliphatic carbocycles. The molecule has 1 rings (SSSR count). The molecule has 0 aliphatic heterocycles. The second-order valence-electron chi connectivity index (χ2n) is 3.12. The lowest BCUT2D eigenvalue weighted by molar-refractivity contribution is 0.566. The van der Waals surface area contributed by atoms with Crippen LogP contribution >= 0.6 is 0 Å². The Morgan fingerprint density at radius 3 is 2.83 bits per heavy atom. The van der Waals surface area contributed by atoms with Gasteiger partial charge in [0.25, 0.3) is 0 Å². The van der Waals surface area contributed by atoms with Crippen LogP contribution < -0.4 is 0 Å². The lowest BCUT2D eigenvalue weighted by Crippen LogP contribution is -2.05. The van der Waals surface area contributed by atoms with Gasteiger partial charge in [-0.2, -0.15) is 0 Å². The normalized spacial score (nSPS) is 23.8. The van der Waals surface area contributed by atoms with Crippen molar-refractivity contribution in [3.05, 3.63) is 24.3 Å². The standard InChI is InChI=1S/C9H14O2S/c1-2-8-3-5-9(6-4-8)7-12(10)11/h2,5,8,12H,1,3-4,6-7H2/t8-/m1/s1. The maximum atomic E-state index is 10.4. The molecule has 0 aromatic rings. The Balaban J connectivity index is 2.49. The van der Waals surface area contributed by atoms with E-state index in [1.54, 1.807) is 0 Å². The van der Waals surface area contributed by atoms with Gasteiger partial charge in [-0.3, -0.25) is 0 Å². The van der Waals surface area contributed by atoms with E-state index in [-0.39, 0.29) is 5.75 Å². The van der Waals surface area contributed by atoms with Gasteiger partial charge >= 0.3 is 0 Å². The molecule has 0 heterocycles. The summed E-state index contributed by atoms with van der Waals surface area (Å²) in [5.74, 6) is 0.803. The third-order valence-electron chi connectivity index (χ3n) is 2.21. The Kier molecular flexibility index (Phi) is 3.53.